The molecular formula is C13H22F3NO3. The fourth-order valence-electron chi connectivity index (χ4n) is 1.46. The fourth-order valence-corrected chi connectivity index (χ4v) is 1.46. The van der Waals surface area contributed by atoms with Crippen LogP contribution in [0, 0.1) is 11.3 Å². The van der Waals surface area contributed by atoms with Gasteiger partial charge in [-0.05, 0) is 26.7 Å². The molecule has 0 aliphatic rings. The highest BCUT2D eigenvalue weighted by Crippen LogP contribution is 2.30. The second kappa shape index (κ2) is 6.45. The van der Waals surface area contributed by atoms with E-state index >= 15 is 0 Å². The van der Waals surface area contributed by atoms with Gasteiger partial charge < -0.3 is 10.1 Å². The number of amides is 1. The molecule has 2 atom stereocenters. The van der Waals surface area contributed by atoms with Gasteiger partial charge in [-0.1, -0.05) is 13.8 Å². The van der Waals surface area contributed by atoms with Crippen molar-refractivity contribution in [2.24, 2.45) is 11.3 Å². The zero-order valence-corrected chi connectivity index (χ0v) is 12.6. The van der Waals surface area contributed by atoms with Gasteiger partial charge in [-0.3, -0.25) is 9.59 Å². The summed E-state index contributed by atoms with van der Waals surface area (Å²) < 4.78 is 43.9. The molecule has 0 aromatic rings. The summed E-state index contributed by atoms with van der Waals surface area (Å²) in [5.74, 6) is -2.11. The standard InChI is InChI=1S/C13H22F3NO3/c1-7(2)9(17-8(3)18)10(13(14,15)16)20-11(19)12(4,5)6/h7,9-10H,1-6H3,(H,17,18). The van der Waals surface area contributed by atoms with Crippen LogP contribution in [-0.2, 0) is 14.3 Å². The van der Waals surface area contributed by atoms with Crippen molar-refractivity contribution in [1.82, 2.24) is 5.32 Å². The molecule has 0 aliphatic carbocycles. The van der Waals surface area contributed by atoms with Crippen molar-refractivity contribution in [2.45, 2.75) is 59.9 Å². The molecule has 2 unspecified atom stereocenters. The molecule has 20 heavy (non-hydrogen) atoms. The van der Waals surface area contributed by atoms with Crippen molar-refractivity contribution in [3.05, 3.63) is 0 Å². The molecule has 4 nitrogen and oxygen atoms in total. The molecule has 0 heterocycles. The van der Waals surface area contributed by atoms with E-state index in [9.17, 15) is 22.8 Å². The third kappa shape index (κ3) is 5.79. The highest BCUT2D eigenvalue weighted by atomic mass is 19.4. The first-order chi connectivity index (χ1) is 8.76. The Morgan fingerprint density at radius 2 is 1.55 bits per heavy atom. The van der Waals surface area contributed by atoms with Crippen LogP contribution in [0.5, 0.6) is 0 Å². The molecule has 0 saturated carbocycles. The lowest BCUT2D eigenvalue weighted by atomic mass is 9.95. The minimum atomic E-state index is -4.75. The Bertz CT molecular complexity index is 359. The largest absolute Gasteiger partial charge is 0.450 e. The van der Waals surface area contributed by atoms with Crippen molar-refractivity contribution < 1.29 is 27.5 Å². The van der Waals surface area contributed by atoms with E-state index in [0.717, 1.165) is 6.92 Å². The number of hydrogen-bond donors (Lipinski definition) is 1. The molecule has 0 aromatic heterocycles. The quantitative estimate of drug-likeness (QED) is 0.812. The van der Waals surface area contributed by atoms with Crippen LogP contribution in [0.3, 0.4) is 0 Å². The summed E-state index contributed by atoms with van der Waals surface area (Å²) in [4.78, 5) is 22.8. The van der Waals surface area contributed by atoms with Crippen LogP contribution in [0.4, 0.5) is 13.2 Å². The highest BCUT2D eigenvalue weighted by Gasteiger charge is 2.50. The molecule has 0 aromatic carbocycles. The van der Waals surface area contributed by atoms with Crippen LogP contribution < -0.4 is 5.32 Å². The van der Waals surface area contributed by atoms with Gasteiger partial charge in [0, 0.05) is 6.92 Å². The highest BCUT2D eigenvalue weighted by molar-refractivity contribution is 5.76. The SMILES string of the molecule is CC(=O)NC(C(C)C)C(OC(=O)C(C)(C)C)C(F)(F)F. The maximum absolute atomic E-state index is 13.1. The summed E-state index contributed by atoms with van der Waals surface area (Å²) >= 11 is 0. The summed E-state index contributed by atoms with van der Waals surface area (Å²) in [6.45, 7) is 8.55. The van der Waals surface area contributed by atoms with Crippen molar-refractivity contribution >= 4 is 11.9 Å². The Balaban J connectivity index is 5.33. The van der Waals surface area contributed by atoms with Gasteiger partial charge in [-0.15, -0.1) is 0 Å². The minimum absolute atomic E-state index is 0.543. The Morgan fingerprint density at radius 3 is 1.80 bits per heavy atom. The van der Waals surface area contributed by atoms with Gasteiger partial charge in [0.05, 0.1) is 11.5 Å². The van der Waals surface area contributed by atoms with Gasteiger partial charge in [-0.25, -0.2) is 0 Å². The predicted octanol–water partition coefficient (Wildman–Crippen LogP) is 2.67. The number of alkyl halides is 3. The molecule has 1 N–H and O–H groups in total. The molecule has 1 amide bonds. The summed E-state index contributed by atoms with van der Waals surface area (Å²) in [7, 11) is 0. The smallest absolute Gasteiger partial charge is 0.427 e. The van der Waals surface area contributed by atoms with E-state index in [4.69, 9.17) is 0 Å². The Labute approximate surface area is 117 Å². The molecule has 0 fully saturated rings. The van der Waals surface area contributed by atoms with Gasteiger partial charge in [0.2, 0.25) is 12.0 Å². The minimum Gasteiger partial charge on any atom is -0.450 e. The fraction of sp³-hybridized carbons (Fsp3) is 0.846. The van der Waals surface area contributed by atoms with Crippen molar-refractivity contribution in [2.75, 3.05) is 0 Å². The predicted molar refractivity (Wildman–Crippen MR) is 67.8 cm³/mol. The van der Waals surface area contributed by atoms with E-state index in [2.05, 4.69) is 10.1 Å². The van der Waals surface area contributed by atoms with E-state index in [1.807, 2.05) is 0 Å². The maximum Gasteiger partial charge on any atom is 0.427 e. The number of rotatable bonds is 4. The number of nitrogens with one attached hydrogen (secondary N) is 1. The number of hydrogen-bond acceptors (Lipinski definition) is 3. The third-order valence-electron chi connectivity index (χ3n) is 2.58. The van der Waals surface area contributed by atoms with Gasteiger partial charge >= 0.3 is 12.1 Å². The Morgan fingerprint density at radius 1 is 1.10 bits per heavy atom. The zero-order chi connectivity index (χ0) is 16.3. The molecule has 0 rings (SSSR count). The normalized spacial score (nSPS) is 15.7. The van der Waals surface area contributed by atoms with Gasteiger partial charge in [-0.2, -0.15) is 13.2 Å². The van der Waals surface area contributed by atoms with E-state index in [0.29, 0.717) is 0 Å². The number of ether oxygens (including phenoxy) is 1. The second-order valence-electron chi connectivity index (χ2n) is 6.09. The molecule has 118 valence electrons. The first-order valence-corrected chi connectivity index (χ1v) is 6.31. The number of esters is 1. The van der Waals surface area contributed by atoms with Gasteiger partial charge in [0.25, 0.3) is 0 Å². The average molecular weight is 297 g/mol. The van der Waals surface area contributed by atoms with Gasteiger partial charge in [0.15, 0.2) is 0 Å². The first-order valence-electron chi connectivity index (χ1n) is 6.31. The molecule has 0 radical (unpaired) electrons. The summed E-state index contributed by atoms with van der Waals surface area (Å²) in [6, 6.07) is -1.32. The number of carbonyl (C=O) groups is 2. The van der Waals surface area contributed by atoms with Crippen LogP contribution >= 0.6 is 0 Å². The van der Waals surface area contributed by atoms with Crippen LogP contribution in [0.25, 0.3) is 0 Å². The lowest BCUT2D eigenvalue weighted by Gasteiger charge is -2.33. The molecule has 0 spiro atoms. The van der Waals surface area contributed by atoms with Crippen LogP contribution in [0.1, 0.15) is 41.5 Å². The van der Waals surface area contributed by atoms with E-state index in [1.165, 1.54) is 34.6 Å². The van der Waals surface area contributed by atoms with Crippen LogP contribution in [0.2, 0.25) is 0 Å². The van der Waals surface area contributed by atoms with Crippen LogP contribution in [0.15, 0.2) is 0 Å². The van der Waals surface area contributed by atoms with E-state index in [1.54, 1.807) is 0 Å². The maximum atomic E-state index is 13.1. The van der Waals surface area contributed by atoms with Crippen molar-refractivity contribution in [3.8, 4) is 0 Å². The topological polar surface area (TPSA) is 55.4 Å². The zero-order valence-electron chi connectivity index (χ0n) is 12.6. The first kappa shape index (κ1) is 18.7. The molecular weight excluding hydrogens is 275 g/mol. The third-order valence-corrected chi connectivity index (χ3v) is 2.58. The van der Waals surface area contributed by atoms with E-state index < -0.39 is 41.5 Å². The average Bonchev–Trinajstić information content (AvgIpc) is 2.18. The molecule has 7 heteroatoms. The van der Waals surface area contributed by atoms with Crippen molar-refractivity contribution in [3.63, 3.8) is 0 Å². The Kier molecular flexibility index (Phi) is 6.04. The lowest BCUT2D eigenvalue weighted by Crippen LogP contribution is -2.55. The van der Waals surface area contributed by atoms with Crippen molar-refractivity contribution in [1.29, 1.82) is 0 Å². The summed E-state index contributed by atoms with van der Waals surface area (Å²) in [5, 5.41) is 2.21. The van der Waals surface area contributed by atoms with E-state index in [-0.39, 0.29) is 0 Å². The molecule has 0 saturated heterocycles. The molecule has 0 aliphatic heterocycles. The van der Waals surface area contributed by atoms with Gasteiger partial charge in [0.1, 0.15) is 0 Å². The van der Waals surface area contributed by atoms with Crippen LogP contribution in [-0.4, -0.2) is 30.2 Å². The second-order valence-corrected chi connectivity index (χ2v) is 6.09. The summed E-state index contributed by atoms with van der Waals surface area (Å²) in [5.41, 5.74) is -1.05. The lowest BCUT2D eigenvalue weighted by molar-refractivity contribution is -0.234. The number of halogens is 3. The monoisotopic (exact) mass is 297 g/mol. The summed E-state index contributed by atoms with van der Waals surface area (Å²) in [6.07, 6.45) is -7.11. The number of carbonyl (C=O) groups excluding carboxylic acids is 2. The Hall–Kier alpha value is -1.27. The molecule has 0 bridgehead atoms.